The maximum Gasteiger partial charge on any atom is 0.0844 e. The molecule has 3 N–H and O–H groups in total. The second kappa shape index (κ2) is 4.81. The van der Waals surface area contributed by atoms with Crippen LogP contribution in [0.2, 0.25) is 0 Å². The Balaban J connectivity index is 1.95. The van der Waals surface area contributed by atoms with Crippen molar-refractivity contribution in [1.82, 2.24) is 5.43 Å². The molecule has 15 heavy (non-hydrogen) atoms. The van der Waals surface area contributed by atoms with Gasteiger partial charge in [0.15, 0.2) is 0 Å². The summed E-state index contributed by atoms with van der Waals surface area (Å²) in [5.74, 6) is 6.60. The van der Waals surface area contributed by atoms with Gasteiger partial charge in [-0.05, 0) is 25.2 Å². The van der Waals surface area contributed by atoms with E-state index >= 15 is 0 Å². The Morgan fingerprint density at radius 2 is 2.00 bits per heavy atom. The third-order valence-corrected chi connectivity index (χ3v) is 4.49. The normalized spacial score (nSPS) is 27.6. The summed E-state index contributed by atoms with van der Waals surface area (Å²) in [7, 11) is 1.84. The maximum atomic E-state index is 5.78. The predicted octanol–water partition coefficient (Wildman–Crippen LogP) is 1.97. The van der Waals surface area contributed by atoms with Crippen LogP contribution in [0.3, 0.4) is 0 Å². The molecule has 0 amide bonds. The fourth-order valence-corrected chi connectivity index (χ4v) is 3.16. The Kier molecular flexibility index (Phi) is 3.65. The zero-order chi connectivity index (χ0) is 10.7. The van der Waals surface area contributed by atoms with Gasteiger partial charge in [-0.15, -0.1) is 0 Å². The van der Waals surface area contributed by atoms with Crippen molar-refractivity contribution in [3.63, 3.8) is 0 Å². The summed E-state index contributed by atoms with van der Waals surface area (Å²) in [6.07, 6.45) is 10.3. The Morgan fingerprint density at radius 3 is 2.40 bits per heavy atom. The van der Waals surface area contributed by atoms with Gasteiger partial charge in [-0.3, -0.25) is 11.3 Å². The number of hydrogen-bond donors (Lipinski definition) is 2. The van der Waals surface area contributed by atoms with E-state index in [1.54, 1.807) is 0 Å². The van der Waals surface area contributed by atoms with Gasteiger partial charge in [-0.1, -0.05) is 32.1 Å². The van der Waals surface area contributed by atoms with Crippen LogP contribution in [0, 0.1) is 5.92 Å². The van der Waals surface area contributed by atoms with Gasteiger partial charge in [-0.2, -0.15) is 0 Å². The Bertz CT molecular complexity index is 198. The first-order valence-electron chi connectivity index (χ1n) is 6.32. The van der Waals surface area contributed by atoms with Crippen molar-refractivity contribution >= 4 is 0 Å². The van der Waals surface area contributed by atoms with Crippen molar-refractivity contribution in [2.75, 3.05) is 7.11 Å². The zero-order valence-electron chi connectivity index (χ0n) is 9.80. The second-order valence-corrected chi connectivity index (χ2v) is 5.23. The fraction of sp³-hybridized carbons (Fsp3) is 1.00. The number of hydrazine groups is 1. The summed E-state index contributed by atoms with van der Waals surface area (Å²) in [4.78, 5) is 0. The molecular formula is C12H24N2O. The monoisotopic (exact) mass is 212 g/mol. The van der Waals surface area contributed by atoms with E-state index in [-0.39, 0.29) is 5.60 Å². The van der Waals surface area contributed by atoms with Gasteiger partial charge in [0.25, 0.3) is 0 Å². The summed E-state index contributed by atoms with van der Waals surface area (Å²) in [6.45, 7) is 0. The van der Waals surface area contributed by atoms with Gasteiger partial charge >= 0.3 is 0 Å². The first kappa shape index (κ1) is 11.4. The molecule has 1 unspecified atom stereocenters. The molecule has 0 bridgehead atoms. The van der Waals surface area contributed by atoms with Crippen LogP contribution in [0.15, 0.2) is 0 Å². The van der Waals surface area contributed by atoms with Gasteiger partial charge in [-0.25, -0.2) is 0 Å². The van der Waals surface area contributed by atoms with Gasteiger partial charge in [0, 0.05) is 7.11 Å². The summed E-state index contributed by atoms with van der Waals surface area (Å²) in [6, 6.07) is 0.357. The molecule has 0 spiro atoms. The molecule has 88 valence electrons. The van der Waals surface area contributed by atoms with Crippen LogP contribution >= 0.6 is 0 Å². The van der Waals surface area contributed by atoms with E-state index in [0.29, 0.717) is 6.04 Å². The van der Waals surface area contributed by atoms with Gasteiger partial charge < -0.3 is 4.74 Å². The van der Waals surface area contributed by atoms with Crippen LogP contribution in [0.25, 0.3) is 0 Å². The van der Waals surface area contributed by atoms with E-state index in [2.05, 4.69) is 5.43 Å². The highest BCUT2D eigenvalue weighted by molar-refractivity contribution is 4.97. The molecule has 2 fully saturated rings. The van der Waals surface area contributed by atoms with Crippen molar-refractivity contribution < 1.29 is 4.74 Å². The molecule has 2 aliphatic carbocycles. The van der Waals surface area contributed by atoms with Gasteiger partial charge in [0.1, 0.15) is 0 Å². The molecule has 0 aromatic heterocycles. The molecule has 0 saturated heterocycles. The first-order valence-corrected chi connectivity index (χ1v) is 6.32. The highest BCUT2D eigenvalue weighted by Gasteiger charge is 2.42. The van der Waals surface area contributed by atoms with Crippen molar-refractivity contribution in [1.29, 1.82) is 0 Å². The molecule has 0 aromatic rings. The lowest BCUT2D eigenvalue weighted by Crippen LogP contribution is -2.54. The lowest BCUT2D eigenvalue weighted by molar-refractivity contribution is -0.0446. The van der Waals surface area contributed by atoms with E-state index in [4.69, 9.17) is 10.6 Å². The van der Waals surface area contributed by atoms with Gasteiger partial charge in [0.2, 0.25) is 0 Å². The van der Waals surface area contributed by atoms with E-state index in [1.165, 1.54) is 51.4 Å². The number of rotatable bonds is 5. The number of ether oxygens (including phenoxy) is 1. The summed E-state index contributed by atoms with van der Waals surface area (Å²) >= 11 is 0. The fourth-order valence-electron chi connectivity index (χ4n) is 3.16. The molecule has 0 radical (unpaired) electrons. The largest absolute Gasteiger partial charge is 0.377 e. The minimum Gasteiger partial charge on any atom is -0.377 e. The molecule has 1 atom stereocenters. The van der Waals surface area contributed by atoms with E-state index in [0.717, 1.165) is 5.92 Å². The molecule has 2 saturated carbocycles. The lowest BCUT2D eigenvalue weighted by atomic mass is 9.76. The summed E-state index contributed by atoms with van der Waals surface area (Å²) < 4.78 is 5.78. The molecule has 3 nitrogen and oxygen atoms in total. The van der Waals surface area contributed by atoms with E-state index in [1.807, 2.05) is 7.11 Å². The minimum atomic E-state index is 0.0321. The molecule has 2 aliphatic rings. The van der Waals surface area contributed by atoms with Crippen LogP contribution in [0.5, 0.6) is 0 Å². The number of methoxy groups -OCH3 is 1. The number of nitrogens with two attached hydrogens (primary N) is 1. The van der Waals surface area contributed by atoms with Crippen molar-refractivity contribution in [3.05, 3.63) is 0 Å². The highest BCUT2D eigenvalue weighted by Crippen LogP contribution is 2.40. The smallest absolute Gasteiger partial charge is 0.0844 e. The van der Waals surface area contributed by atoms with Crippen LogP contribution in [0.4, 0.5) is 0 Å². The topological polar surface area (TPSA) is 47.3 Å². The zero-order valence-corrected chi connectivity index (χ0v) is 9.80. The SMILES string of the molecule is COC1(C(CC2CCC2)NN)CCCC1. The minimum absolute atomic E-state index is 0.0321. The number of hydrogen-bond acceptors (Lipinski definition) is 3. The van der Waals surface area contributed by atoms with Crippen LogP contribution in [-0.2, 0) is 4.74 Å². The quantitative estimate of drug-likeness (QED) is 0.541. The predicted molar refractivity (Wildman–Crippen MR) is 61.3 cm³/mol. The Morgan fingerprint density at radius 1 is 1.33 bits per heavy atom. The first-order chi connectivity index (χ1) is 7.30. The second-order valence-electron chi connectivity index (χ2n) is 5.23. The standard InChI is InChI=1S/C12H24N2O/c1-15-12(7-2-3-8-12)11(14-13)9-10-5-4-6-10/h10-11,14H,2-9,13H2,1H3. The summed E-state index contributed by atoms with van der Waals surface area (Å²) in [5.41, 5.74) is 3.04. The van der Waals surface area contributed by atoms with Crippen LogP contribution in [-0.4, -0.2) is 18.8 Å². The average molecular weight is 212 g/mol. The molecule has 0 heterocycles. The van der Waals surface area contributed by atoms with Crippen LogP contribution in [0.1, 0.15) is 51.4 Å². The molecule has 0 aromatic carbocycles. The molecule has 3 heteroatoms. The molecule has 2 rings (SSSR count). The summed E-state index contributed by atoms with van der Waals surface area (Å²) in [5, 5.41) is 0. The van der Waals surface area contributed by atoms with E-state index < -0.39 is 0 Å². The molecular weight excluding hydrogens is 188 g/mol. The maximum absolute atomic E-state index is 5.78. The van der Waals surface area contributed by atoms with E-state index in [9.17, 15) is 0 Å². The van der Waals surface area contributed by atoms with Gasteiger partial charge in [0.05, 0.1) is 11.6 Å². The third kappa shape index (κ3) is 2.19. The van der Waals surface area contributed by atoms with Crippen molar-refractivity contribution in [2.24, 2.45) is 11.8 Å². The third-order valence-electron chi connectivity index (χ3n) is 4.49. The van der Waals surface area contributed by atoms with Crippen molar-refractivity contribution in [2.45, 2.75) is 63.0 Å². The average Bonchev–Trinajstić information content (AvgIpc) is 2.66. The molecule has 0 aliphatic heterocycles. The van der Waals surface area contributed by atoms with Crippen LogP contribution < -0.4 is 11.3 Å². The Labute approximate surface area is 92.7 Å². The number of nitrogens with one attached hydrogen (secondary N) is 1. The highest BCUT2D eigenvalue weighted by atomic mass is 16.5. The lowest BCUT2D eigenvalue weighted by Gasteiger charge is -2.39. The Hall–Kier alpha value is -0.120. The van der Waals surface area contributed by atoms with Crippen molar-refractivity contribution in [3.8, 4) is 0 Å².